The Bertz CT molecular complexity index is 1170. The number of allylic oxidation sites excluding steroid dienone is 4. The fourth-order valence-corrected chi connectivity index (χ4v) is 11.4. The summed E-state index contributed by atoms with van der Waals surface area (Å²) in [6.07, 6.45) is 83.1. The Kier molecular flexibility index (Phi) is 64.6. The van der Waals surface area contributed by atoms with E-state index >= 15 is 0 Å². The van der Waals surface area contributed by atoms with Gasteiger partial charge in [0.15, 0.2) is 0 Å². The Balaban J connectivity index is 3.56. The smallest absolute Gasteiger partial charge is 0.249 e. The number of aliphatic hydroxyl groups is 4. The van der Waals surface area contributed by atoms with E-state index < -0.39 is 36.9 Å². The number of carbonyl (C=O) groups is 1. The Morgan fingerprint density at radius 3 is 0.779 bits per heavy atom. The van der Waals surface area contributed by atoms with Crippen molar-refractivity contribution in [1.29, 1.82) is 0 Å². The van der Waals surface area contributed by atoms with Crippen LogP contribution in [-0.4, -0.2) is 57.3 Å². The molecular weight excluding hydrogens is 947 g/mol. The highest BCUT2D eigenvalue weighted by Crippen LogP contribution is 2.19. The van der Waals surface area contributed by atoms with Gasteiger partial charge in [0.2, 0.25) is 5.91 Å². The van der Waals surface area contributed by atoms with Crippen molar-refractivity contribution in [1.82, 2.24) is 5.32 Å². The Morgan fingerprint density at radius 1 is 0.312 bits per heavy atom. The number of aliphatic hydroxyl groups excluding tert-OH is 4. The molecule has 6 nitrogen and oxygen atoms in total. The quantitative estimate of drug-likeness (QED) is 0.0308. The molecule has 0 radical (unpaired) electrons. The van der Waals surface area contributed by atoms with Gasteiger partial charge in [0.25, 0.3) is 0 Å². The van der Waals surface area contributed by atoms with Crippen LogP contribution in [0, 0.1) is 0 Å². The van der Waals surface area contributed by atoms with Gasteiger partial charge in [-0.3, -0.25) is 4.79 Å². The summed E-state index contributed by atoms with van der Waals surface area (Å²) in [6.45, 7) is 4.10. The van der Waals surface area contributed by atoms with Crippen LogP contribution in [0.15, 0.2) is 24.3 Å². The predicted octanol–water partition coefficient (Wildman–Crippen LogP) is 21.7. The number of nitrogens with one attached hydrogen (secondary N) is 1. The molecule has 0 saturated heterocycles. The first kappa shape index (κ1) is 75.8. The number of amides is 1. The molecule has 4 unspecified atom stereocenters. The van der Waals surface area contributed by atoms with Crippen molar-refractivity contribution in [2.45, 2.75) is 417 Å². The van der Waals surface area contributed by atoms with Gasteiger partial charge in [-0.2, -0.15) is 0 Å². The predicted molar refractivity (Wildman–Crippen MR) is 339 cm³/mol. The van der Waals surface area contributed by atoms with Crippen molar-refractivity contribution in [3.05, 3.63) is 24.3 Å². The topological polar surface area (TPSA) is 110 Å². The first-order chi connectivity index (χ1) is 38.0. The molecule has 0 saturated carbocycles. The maximum Gasteiger partial charge on any atom is 0.249 e. The van der Waals surface area contributed by atoms with E-state index in [1.165, 1.54) is 327 Å². The van der Waals surface area contributed by atoms with Crippen LogP contribution in [0.25, 0.3) is 0 Å². The summed E-state index contributed by atoms with van der Waals surface area (Å²) in [4.78, 5) is 12.7. The monoisotopic (exact) mass is 1090 g/mol. The van der Waals surface area contributed by atoms with E-state index in [0.717, 1.165) is 38.5 Å². The second-order valence-electron chi connectivity index (χ2n) is 24.6. The zero-order chi connectivity index (χ0) is 55.8. The number of hydrogen-bond donors (Lipinski definition) is 5. The summed E-state index contributed by atoms with van der Waals surface area (Å²) in [6, 6.07) is -1.00. The Morgan fingerprint density at radius 2 is 0.532 bits per heavy atom. The van der Waals surface area contributed by atoms with Crippen LogP contribution < -0.4 is 5.32 Å². The number of hydrogen-bond acceptors (Lipinski definition) is 5. The van der Waals surface area contributed by atoms with E-state index in [1.54, 1.807) is 0 Å². The average molecular weight is 1090 g/mol. The van der Waals surface area contributed by atoms with E-state index in [0.29, 0.717) is 12.8 Å². The standard InChI is InChI=1S/C71H139NO5/c1-3-5-7-9-11-13-15-17-19-21-23-25-27-29-31-33-35-37-39-41-43-45-47-49-51-53-55-57-59-61-63-65-69(75)71(77)72-67(66-73)70(76)68(74)64-62-60-58-56-54-52-50-48-46-44-42-40-38-36-34-32-30-28-26-24-22-20-18-16-14-12-10-8-6-4-2/h29,31,56,58,67-70,73-76H,3-28,30,32-55,57,59-66H2,1-2H3,(H,72,77)/b31-29-,58-56+. The highest BCUT2D eigenvalue weighted by molar-refractivity contribution is 5.80. The lowest BCUT2D eigenvalue weighted by Gasteiger charge is -2.27. The van der Waals surface area contributed by atoms with Gasteiger partial charge in [0.1, 0.15) is 12.2 Å². The molecular formula is C71H139NO5. The van der Waals surface area contributed by atoms with Crippen molar-refractivity contribution >= 4 is 5.91 Å². The molecule has 0 fully saturated rings. The van der Waals surface area contributed by atoms with Crippen LogP contribution in [0.1, 0.15) is 393 Å². The summed E-state index contributed by atoms with van der Waals surface area (Å²) in [5, 5.41) is 44.2. The van der Waals surface area contributed by atoms with Crippen LogP contribution in [0.3, 0.4) is 0 Å². The molecule has 0 aromatic heterocycles. The van der Waals surface area contributed by atoms with Gasteiger partial charge in [-0.15, -0.1) is 0 Å². The minimum Gasteiger partial charge on any atom is -0.394 e. The van der Waals surface area contributed by atoms with Crippen molar-refractivity contribution in [2.75, 3.05) is 6.61 Å². The number of rotatable bonds is 66. The number of unbranched alkanes of at least 4 members (excludes halogenated alkanes) is 53. The second-order valence-corrected chi connectivity index (χ2v) is 24.6. The van der Waals surface area contributed by atoms with Crippen molar-refractivity contribution < 1.29 is 25.2 Å². The molecule has 0 aliphatic heterocycles. The van der Waals surface area contributed by atoms with E-state index in [1.807, 2.05) is 0 Å². The molecule has 0 spiro atoms. The summed E-state index contributed by atoms with van der Waals surface area (Å²) < 4.78 is 0. The third-order valence-corrected chi connectivity index (χ3v) is 16.9. The first-order valence-electron chi connectivity index (χ1n) is 35.2. The molecule has 0 heterocycles. The Hall–Kier alpha value is -1.21. The van der Waals surface area contributed by atoms with Crippen LogP contribution in [0.4, 0.5) is 0 Å². The van der Waals surface area contributed by atoms with Crippen molar-refractivity contribution in [3.8, 4) is 0 Å². The van der Waals surface area contributed by atoms with Crippen LogP contribution in [-0.2, 0) is 4.79 Å². The van der Waals surface area contributed by atoms with Crippen molar-refractivity contribution in [2.24, 2.45) is 0 Å². The highest BCUT2D eigenvalue weighted by Gasteiger charge is 2.28. The highest BCUT2D eigenvalue weighted by atomic mass is 16.3. The van der Waals surface area contributed by atoms with Gasteiger partial charge in [0.05, 0.1) is 18.8 Å². The van der Waals surface area contributed by atoms with Crippen molar-refractivity contribution in [3.63, 3.8) is 0 Å². The summed E-state index contributed by atoms with van der Waals surface area (Å²) in [5.41, 5.74) is 0. The first-order valence-corrected chi connectivity index (χ1v) is 35.2. The lowest BCUT2D eigenvalue weighted by Crippen LogP contribution is -2.53. The van der Waals surface area contributed by atoms with E-state index in [2.05, 4.69) is 43.5 Å². The van der Waals surface area contributed by atoms with Gasteiger partial charge in [-0.25, -0.2) is 0 Å². The summed E-state index contributed by atoms with van der Waals surface area (Å²) in [7, 11) is 0. The fraction of sp³-hybridized carbons (Fsp3) is 0.930. The van der Waals surface area contributed by atoms with Gasteiger partial charge in [0, 0.05) is 0 Å². The average Bonchev–Trinajstić information content (AvgIpc) is 3.43. The zero-order valence-corrected chi connectivity index (χ0v) is 52.2. The van der Waals surface area contributed by atoms with E-state index in [4.69, 9.17) is 0 Å². The molecule has 6 heteroatoms. The molecule has 0 bridgehead atoms. The molecule has 458 valence electrons. The maximum absolute atomic E-state index is 12.7. The van der Waals surface area contributed by atoms with Gasteiger partial charge in [-0.05, 0) is 64.2 Å². The van der Waals surface area contributed by atoms with Crippen LogP contribution >= 0.6 is 0 Å². The maximum atomic E-state index is 12.7. The summed E-state index contributed by atoms with van der Waals surface area (Å²) >= 11 is 0. The molecule has 0 aliphatic rings. The molecule has 5 N–H and O–H groups in total. The lowest BCUT2D eigenvalue weighted by molar-refractivity contribution is -0.132. The molecule has 0 rings (SSSR count). The normalized spacial score (nSPS) is 13.6. The van der Waals surface area contributed by atoms with E-state index in [-0.39, 0.29) is 0 Å². The minimum atomic E-state index is -1.28. The molecule has 4 atom stereocenters. The van der Waals surface area contributed by atoms with Crippen LogP contribution in [0.2, 0.25) is 0 Å². The Labute approximate surface area is 482 Å². The lowest BCUT2D eigenvalue weighted by atomic mass is 10.00. The van der Waals surface area contributed by atoms with E-state index in [9.17, 15) is 25.2 Å². The molecule has 0 aromatic carbocycles. The minimum absolute atomic E-state index is 0.366. The van der Waals surface area contributed by atoms with Gasteiger partial charge in [-0.1, -0.05) is 353 Å². The molecule has 77 heavy (non-hydrogen) atoms. The van der Waals surface area contributed by atoms with Gasteiger partial charge < -0.3 is 25.7 Å². The molecule has 0 aromatic rings. The van der Waals surface area contributed by atoms with Crippen LogP contribution in [0.5, 0.6) is 0 Å². The zero-order valence-electron chi connectivity index (χ0n) is 52.2. The number of carbonyl (C=O) groups excluding carboxylic acids is 1. The fourth-order valence-electron chi connectivity index (χ4n) is 11.4. The third kappa shape index (κ3) is 59.2. The molecule has 1 amide bonds. The molecule has 0 aliphatic carbocycles. The third-order valence-electron chi connectivity index (χ3n) is 16.9. The van der Waals surface area contributed by atoms with Gasteiger partial charge >= 0.3 is 0 Å². The SMILES string of the molecule is CCCCCCCCCCCCCC/C=C\CCCCCCCCCCCCCCCCCC(O)C(=O)NC(CO)C(O)C(O)CCC/C=C/CCCCCCCCCCCCCCCCCCCCCCCCCCC. The second kappa shape index (κ2) is 65.6. The largest absolute Gasteiger partial charge is 0.394 e. The summed E-state index contributed by atoms with van der Waals surface area (Å²) in [5.74, 6) is -0.586.